The molecule has 2 heterocycles. The van der Waals surface area contributed by atoms with E-state index >= 15 is 0 Å². The van der Waals surface area contributed by atoms with Gasteiger partial charge in [-0.1, -0.05) is 5.16 Å². The number of fused-ring (bicyclic) bond motifs is 1. The van der Waals surface area contributed by atoms with Crippen LogP contribution in [0.25, 0.3) is 17.1 Å². The summed E-state index contributed by atoms with van der Waals surface area (Å²) in [5.74, 6) is 3.20. The Labute approximate surface area is 146 Å². The maximum Gasteiger partial charge on any atom is 0.230 e. The normalized spacial score (nSPS) is 27.9. The molecular weight excluding hydrogens is 314 g/mol. The second kappa shape index (κ2) is 5.52. The zero-order valence-corrected chi connectivity index (χ0v) is 14.2. The van der Waals surface area contributed by atoms with E-state index in [1.807, 2.05) is 48.3 Å². The predicted molar refractivity (Wildman–Crippen MR) is 93.1 cm³/mol. The number of benzene rings is 1. The van der Waals surface area contributed by atoms with Crippen molar-refractivity contribution in [3.8, 4) is 17.1 Å². The second-order valence-electron chi connectivity index (χ2n) is 7.46. The molecule has 2 N–H and O–H groups in total. The maximum atomic E-state index is 6.09. The Kier molecular flexibility index (Phi) is 3.28. The van der Waals surface area contributed by atoms with Crippen LogP contribution in [-0.2, 0) is 0 Å². The molecule has 2 aliphatic rings. The highest BCUT2D eigenvalue weighted by Crippen LogP contribution is 2.52. The first kappa shape index (κ1) is 14.8. The lowest BCUT2D eigenvalue weighted by atomic mass is 9.72. The summed E-state index contributed by atoms with van der Waals surface area (Å²) >= 11 is 0. The highest BCUT2D eigenvalue weighted by atomic mass is 16.5. The monoisotopic (exact) mass is 335 g/mol. The van der Waals surface area contributed by atoms with Gasteiger partial charge < -0.3 is 10.3 Å². The number of hydrogen-bond acceptors (Lipinski definition) is 5. The van der Waals surface area contributed by atoms with E-state index in [9.17, 15) is 0 Å². The molecule has 128 valence electrons. The lowest BCUT2D eigenvalue weighted by Crippen LogP contribution is -2.44. The molecule has 2 saturated carbocycles. The number of nitrogens with two attached hydrogens (primary N) is 1. The van der Waals surface area contributed by atoms with Crippen molar-refractivity contribution >= 4 is 0 Å². The van der Waals surface area contributed by atoms with Gasteiger partial charge in [0.05, 0.1) is 11.9 Å². The molecule has 1 unspecified atom stereocenters. The fourth-order valence-electron chi connectivity index (χ4n) is 4.32. The van der Waals surface area contributed by atoms with Crippen molar-refractivity contribution in [3.63, 3.8) is 0 Å². The number of aromatic nitrogens is 4. The highest BCUT2D eigenvalue weighted by molar-refractivity contribution is 5.56. The van der Waals surface area contributed by atoms with Gasteiger partial charge in [-0.3, -0.25) is 0 Å². The number of aryl methyl sites for hydroxylation is 1. The van der Waals surface area contributed by atoms with Crippen LogP contribution in [0, 0.1) is 18.8 Å². The van der Waals surface area contributed by atoms with E-state index in [1.54, 1.807) is 0 Å². The summed E-state index contributed by atoms with van der Waals surface area (Å²) in [6.07, 6.45) is 7.22. The third-order valence-corrected chi connectivity index (χ3v) is 5.77. The Hall–Kier alpha value is -2.47. The molecule has 0 saturated heterocycles. The summed E-state index contributed by atoms with van der Waals surface area (Å²) < 4.78 is 7.42. The van der Waals surface area contributed by atoms with Gasteiger partial charge in [0, 0.05) is 23.7 Å². The minimum Gasteiger partial charge on any atom is -0.339 e. The van der Waals surface area contributed by atoms with Crippen molar-refractivity contribution in [2.24, 2.45) is 17.6 Å². The van der Waals surface area contributed by atoms with Gasteiger partial charge in [0.15, 0.2) is 0 Å². The highest BCUT2D eigenvalue weighted by Gasteiger charge is 2.47. The fraction of sp³-hybridized carbons (Fsp3) is 0.421. The molecule has 2 aromatic heterocycles. The lowest BCUT2D eigenvalue weighted by Gasteiger charge is -2.37. The summed E-state index contributed by atoms with van der Waals surface area (Å²) in [5, 5.41) is 8.51. The standard InChI is InChI=1S/C19H21N5O/c1-11-9-21-24(10-11)15-4-2-12(3-5-15)18-22-19(25-23-18)14-6-13-8-17(20)16(13)7-14/h2-5,9-10,13-14,16-17H,6-8,20H2,1H3/t13-,14?,16-,17+/m1/s1. The second-order valence-corrected chi connectivity index (χ2v) is 7.46. The van der Waals surface area contributed by atoms with Crippen LogP contribution in [0.2, 0.25) is 0 Å². The first-order valence-corrected chi connectivity index (χ1v) is 8.88. The van der Waals surface area contributed by atoms with Gasteiger partial charge in [-0.15, -0.1) is 0 Å². The van der Waals surface area contributed by atoms with Gasteiger partial charge in [-0.05, 0) is 67.9 Å². The average Bonchev–Trinajstić information content (AvgIpc) is 3.33. The fourth-order valence-corrected chi connectivity index (χ4v) is 4.32. The third-order valence-electron chi connectivity index (χ3n) is 5.77. The molecule has 0 spiro atoms. The van der Waals surface area contributed by atoms with Crippen LogP contribution in [0.15, 0.2) is 41.2 Å². The van der Waals surface area contributed by atoms with Crippen molar-refractivity contribution in [1.82, 2.24) is 19.9 Å². The summed E-state index contributed by atoms with van der Waals surface area (Å²) in [7, 11) is 0. The average molecular weight is 335 g/mol. The Bertz CT molecular complexity index is 897. The smallest absolute Gasteiger partial charge is 0.230 e. The molecule has 0 aliphatic heterocycles. The lowest BCUT2D eigenvalue weighted by molar-refractivity contribution is 0.173. The SMILES string of the molecule is Cc1cnn(-c2ccc(-c3noc(C4C[C@@H]5C[C@H](N)[C@@H]5C4)n3)cc2)c1. The zero-order chi connectivity index (χ0) is 17.0. The van der Waals surface area contributed by atoms with Crippen LogP contribution >= 0.6 is 0 Å². The summed E-state index contributed by atoms with van der Waals surface area (Å²) in [6, 6.07) is 8.43. The minimum absolute atomic E-state index is 0.371. The van der Waals surface area contributed by atoms with E-state index in [0.717, 1.165) is 47.9 Å². The van der Waals surface area contributed by atoms with Gasteiger partial charge in [-0.25, -0.2) is 4.68 Å². The quantitative estimate of drug-likeness (QED) is 0.795. The first-order valence-electron chi connectivity index (χ1n) is 8.88. The van der Waals surface area contributed by atoms with E-state index in [-0.39, 0.29) is 0 Å². The van der Waals surface area contributed by atoms with Crippen LogP contribution in [-0.4, -0.2) is 26.0 Å². The van der Waals surface area contributed by atoms with Crippen LogP contribution in [0.3, 0.4) is 0 Å². The van der Waals surface area contributed by atoms with Crippen molar-refractivity contribution in [2.45, 2.75) is 38.1 Å². The molecule has 25 heavy (non-hydrogen) atoms. The van der Waals surface area contributed by atoms with Gasteiger partial charge in [0.25, 0.3) is 0 Å². The topological polar surface area (TPSA) is 82.8 Å². The largest absolute Gasteiger partial charge is 0.339 e. The molecule has 0 amide bonds. The third kappa shape index (κ3) is 2.48. The molecule has 0 radical (unpaired) electrons. The summed E-state index contributed by atoms with van der Waals surface area (Å²) in [4.78, 5) is 4.65. The first-order chi connectivity index (χ1) is 12.2. The van der Waals surface area contributed by atoms with Crippen LogP contribution in [0.4, 0.5) is 0 Å². The predicted octanol–water partition coefficient (Wildman–Crippen LogP) is 3.07. The molecule has 6 heteroatoms. The summed E-state index contributed by atoms with van der Waals surface area (Å²) in [5.41, 5.74) is 9.20. The van der Waals surface area contributed by atoms with Gasteiger partial charge in [-0.2, -0.15) is 10.1 Å². The van der Waals surface area contributed by atoms with E-state index in [0.29, 0.717) is 23.7 Å². The number of hydrogen-bond donors (Lipinski definition) is 1. The van der Waals surface area contributed by atoms with Gasteiger partial charge in [0.1, 0.15) is 0 Å². The van der Waals surface area contributed by atoms with E-state index in [2.05, 4.69) is 15.2 Å². The Morgan fingerprint density at radius 3 is 2.68 bits per heavy atom. The van der Waals surface area contributed by atoms with Crippen LogP contribution in [0.1, 0.15) is 36.6 Å². The maximum absolute atomic E-state index is 6.09. The molecule has 2 fully saturated rings. The minimum atomic E-state index is 0.371. The number of nitrogens with zero attached hydrogens (tertiary/aromatic N) is 4. The van der Waals surface area contributed by atoms with E-state index < -0.39 is 0 Å². The Balaban J connectivity index is 1.35. The van der Waals surface area contributed by atoms with E-state index in [4.69, 9.17) is 10.3 Å². The van der Waals surface area contributed by atoms with Crippen LogP contribution < -0.4 is 5.73 Å². The molecule has 5 rings (SSSR count). The molecule has 1 aromatic carbocycles. The molecular formula is C19H21N5O. The molecule has 6 nitrogen and oxygen atoms in total. The van der Waals surface area contributed by atoms with Gasteiger partial charge >= 0.3 is 0 Å². The number of rotatable bonds is 3. The molecule has 2 aliphatic carbocycles. The van der Waals surface area contributed by atoms with E-state index in [1.165, 1.54) is 0 Å². The zero-order valence-electron chi connectivity index (χ0n) is 14.2. The Morgan fingerprint density at radius 2 is 2.00 bits per heavy atom. The van der Waals surface area contributed by atoms with Crippen molar-refractivity contribution < 1.29 is 4.52 Å². The molecule has 0 bridgehead atoms. The van der Waals surface area contributed by atoms with Crippen molar-refractivity contribution in [2.75, 3.05) is 0 Å². The van der Waals surface area contributed by atoms with Gasteiger partial charge in [0.2, 0.25) is 11.7 Å². The van der Waals surface area contributed by atoms with Crippen molar-refractivity contribution in [3.05, 3.63) is 48.1 Å². The Morgan fingerprint density at radius 1 is 1.16 bits per heavy atom. The molecule has 3 aromatic rings. The molecule has 4 atom stereocenters. The van der Waals surface area contributed by atoms with Crippen LogP contribution in [0.5, 0.6) is 0 Å². The summed E-state index contributed by atoms with van der Waals surface area (Å²) in [6.45, 7) is 2.03. The van der Waals surface area contributed by atoms with Crippen molar-refractivity contribution in [1.29, 1.82) is 0 Å².